The minimum absolute atomic E-state index is 0.346. The molecular formula is C17H15N3O3S. The Balaban J connectivity index is 1.65. The molecule has 122 valence electrons. The summed E-state index contributed by atoms with van der Waals surface area (Å²) in [7, 11) is 0. The lowest BCUT2D eigenvalue weighted by molar-refractivity contribution is 0.0526. The Morgan fingerprint density at radius 1 is 1.17 bits per heavy atom. The van der Waals surface area contributed by atoms with Gasteiger partial charge >= 0.3 is 5.97 Å². The SMILES string of the molecule is CCOC(=O)c1ccc(NC(=S)Nc2noc3ccccc23)cc1. The number of ether oxygens (including phenoxy) is 1. The van der Waals surface area contributed by atoms with Gasteiger partial charge in [-0.2, -0.15) is 0 Å². The standard InChI is InChI=1S/C17H15N3O3S/c1-2-22-16(21)11-7-9-12(10-8-11)18-17(24)19-15-13-5-3-4-6-14(13)23-20-15/h3-10H,2H2,1H3,(H2,18,19,20,24). The summed E-state index contributed by atoms with van der Waals surface area (Å²) in [4.78, 5) is 11.6. The lowest BCUT2D eigenvalue weighted by atomic mass is 10.2. The number of benzene rings is 2. The molecule has 7 heteroatoms. The van der Waals surface area contributed by atoms with Crippen molar-refractivity contribution in [2.24, 2.45) is 0 Å². The second kappa shape index (κ2) is 7.10. The molecule has 1 heterocycles. The number of carbonyl (C=O) groups is 1. The Morgan fingerprint density at radius 3 is 2.67 bits per heavy atom. The number of carbonyl (C=O) groups excluding carboxylic acids is 1. The summed E-state index contributed by atoms with van der Waals surface area (Å²) in [6, 6.07) is 14.3. The Labute approximate surface area is 143 Å². The zero-order valence-electron chi connectivity index (χ0n) is 12.9. The van der Waals surface area contributed by atoms with Gasteiger partial charge in [0.25, 0.3) is 0 Å². The van der Waals surface area contributed by atoms with Crippen LogP contribution in [0, 0.1) is 0 Å². The third-order valence-electron chi connectivity index (χ3n) is 3.26. The van der Waals surface area contributed by atoms with Crippen LogP contribution in [0.15, 0.2) is 53.1 Å². The molecule has 24 heavy (non-hydrogen) atoms. The predicted octanol–water partition coefficient (Wildman–Crippen LogP) is 3.81. The number of aromatic nitrogens is 1. The van der Waals surface area contributed by atoms with Gasteiger partial charge in [-0.3, -0.25) is 0 Å². The number of esters is 1. The van der Waals surface area contributed by atoms with Gasteiger partial charge in [0.05, 0.1) is 17.6 Å². The molecule has 3 rings (SSSR count). The number of nitrogens with one attached hydrogen (secondary N) is 2. The van der Waals surface area contributed by atoms with E-state index in [2.05, 4.69) is 15.8 Å². The van der Waals surface area contributed by atoms with Crippen molar-refractivity contribution in [1.29, 1.82) is 0 Å². The maximum Gasteiger partial charge on any atom is 0.338 e. The Morgan fingerprint density at radius 2 is 1.92 bits per heavy atom. The molecule has 3 aromatic rings. The topological polar surface area (TPSA) is 76.4 Å². The van der Waals surface area contributed by atoms with Crippen molar-refractivity contribution in [3.05, 3.63) is 54.1 Å². The van der Waals surface area contributed by atoms with Crippen molar-refractivity contribution >= 4 is 45.8 Å². The van der Waals surface area contributed by atoms with Gasteiger partial charge < -0.3 is 19.9 Å². The van der Waals surface area contributed by atoms with Crippen LogP contribution in [0.1, 0.15) is 17.3 Å². The summed E-state index contributed by atoms with van der Waals surface area (Å²) in [5.74, 6) is 0.199. The van der Waals surface area contributed by atoms with Gasteiger partial charge in [0.15, 0.2) is 16.5 Å². The van der Waals surface area contributed by atoms with Crippen LogP contribution in [0.5, 0.6) is 0 Å². The first kappa shape index (κ1) is 15.9. The summed E-state index contributed by atoms with van der Waals surface area (Å²) >= 11 is 5.28. The maximum absolute atomic E-state index is 11.6. The van der Waals surface area contributed by atoms with Crippen molar-refractivity contribution in [3.8, 4) is 0 Å². The van der Waals surface area contributed by atoms with E-state index in [1.807, 2.05) is 24.3 Å². The third kappa shape index (κ3) is 3.52. The highest BCUT2D eigenvalue weighted by Gasteiger charge is 2.09. The van der Waals surface area contributed by atoms with Crippen molar-refractivity contribution in [2.75, 3.05) is 17.2 Å². The Bertz CT molecular complexity index is 874. The fourth-order valence-electron chi connectivity index (χ4n) is 2.15. The highest BCUT2D eigenvalue weighted by Crippen LogP contribution is 2.22. The van der Waals surface area contributed by atoms with Crippen LogP contribution >= 0.6 is 12.2 Å². The number of anilines is 2. The molecule has 0 bridgehead atoms. The average molecular weight is 341 g/mol. The molecule has 0 spiro atoms. The highest BCUT2D eigenvalue weighted by molar-refractivity contribution is 7.80. The van der Waals surface area contributed by atoms with Crippen molar-refractivity contribution in [1.82, 2.24) is 5.16 Å². The molecule has 6 nitrogen and oxygen atoms in total. The predicted molar refractivity (Wildman–Crippen MR) is 96.3 cm³/mol. The summed E-state index contributed by atoms with van der Waals surface area (Å²) in [5, 5.41) is 11.2. The fraction of sp³-hybridized carbons (Fsp3) is 0.118. The van der Waals surface area contributed by atoms with Crippen LogP contribution in [0.3, 0.4) is 0 Å². The molecule has 0 aliphatic rings. The normalized spacial score (nSPS) is 10.4. The van der Waals surface area contributed by atoms with Crippen molar-refractivity contribution in [3.63, 3.8) is 0 Å². The van der Waals surface area contributed by atoms with Gasteiger partial charge in [-0.25, -0.2) is 4.79 Å². The van der Waals surface area contributed by atoms with E-state index in [0.717, 1.165) is 11.1 Å². The molecule has 0 atom stereocenters. The van der Waals surface area contributed by atoms with Crippen molar-refractivity contribution in [2.45, 2.75) is 6.92 Å². The quantitative estimate of drug-likeness (QED) is 0.552. The average Bonchev–Trinajstić information content (AvgIpc) is 2.99. The van der Waals surface area contributed by atoms with E-state index < -0.39 is 0 Å². The van der Waals surface area contributed by atoms with Crippen LogP contribution in [0.4, 0.5) is 11.5 Å². The Hall–Kier alpha value is -2.93. The summed E-state index contributed by atoms with van der Waals surface area (Å²) in [5.41, 5.74) is 1.92. The first-order valence-electron chi connectivity index (χ1n) is 7.37. The highest BCUT2D eigenvalue weighted by atomic mass is 32.1. The second-order valence-electron chi connectivity index (χ2n) is 4.90. The molecule has 2 N–H and O–H groups in total. The monoisotopic (exact) mass is 341 g/mol. The zero-order chi connectivity index (χ0) is 16.9. The fourth-order valence-corrected chi connectivity index (χ4v) is 2.36. The van der Waals surface area contributed by atoms with Crippen molar-refractivity contribution < 1.29 is 14.1 Å². The van der Waals surface area contributed by atoms with Gasteiger partial charge in [0.2, 0.25) is 0 Å². The van der Waals surface area contributed by atoms with E-state index in [9.17, 15) is 4.79 Å². The van der Waals surface area contributed by atoms with Gasteiger partial charge in [-0.05, 0) is 55.5 Å². The second-order valence-corrected chi connectivity index (χ2v) is 5.31. The molecule has 0 amide bonds. The zero-order valence-corrected chi connectivity index (χ0v) is 13.7. The van der Waals surface area contributed by atoms with Gasteiger partial charge in [-0.1, -0.05) is 17.3 Å². The minimum atomic E-state index is -0.348. The van der Waals surface area contributed by atoms with E-state index in [1.165, 1.54) is 0 Å². The van der Waals surface area contributed by atoms with Gasteiger partial charge in [-0.15, -0.1) is 0 Å². The molecule has 2 aromatic carbocycles. The molecule has 0 unspecified atom stereocenters. The van der Waals surface area contributed by atoms with Crippen LogP contribution in [-0.4, -0.2) is 22.8 Å². The number of nitrogens with zero attached hydrogens (tertiary/aromatic N) is 1. The number of hydrogen-bond donors (Lipinski definition) is 2. The first-order chi connectivity index (χ1) is 11.7. The molecule has 0 saturated heterocycles. The number of para-hydroxylation sites is 1. The largest absolute Gasteiger partial charge is 0.462 e. The minimum Gasteiger partial charge on any atom is -0.462 e. The van der Waals surface area contributed by atoms with Gasteiger partial charge in [0, 0.05) is 5.69 Å². The first-order valence-corrected chi connectivity index (χ1v) is 7.78. The smallest absolute Gasteiger partial charge is 0.338 e. The number of rotatable bonds is 4. The van der Waals surface area contributed by atoms with E-state index in [-0.39, 0.29) is 5.97 Å². The van der Waals surface area contributed by atoms with Crippen LogP contribution in [-0.2, 0) is 4.74 Å². The molecule has 1 aromatic heterocycles. The molecule has 0 radical (unpaired) electrons. The van der Waals surface area contributed by atoms with Crippen LogP contribution < -0.4 is 10.6 Å². The van der Waals surface area contributed by atoms with E-state index in [4.69, 9.17) is 21.5 Å². The van der Waals surface area contributed by atoms with E-state index in [1.54, 1.807) is 31.2 Å². The molecular weight excluding hydrogens is 326 g/mol. The summed E-state index contributed by atoms with van der Waals surface area (Å²) in [6.45, 7) is 2.12. The maximum atomic E-state index is 11.6. The van der Waals surface area contributed by atoms with Gasteiger partial charge in [0.1, 0.15) is 0 Å². The number of hydrogen-bond acceptors (Lipinski definition) is 5. The Kier molecular flexibility index (Phi) is 4.72. The third-order valence-corrected chi connectivity index (χ3v) is 3.47. The van der Waals surface area contributed by atoms with Crippen LogP contribution in [0.25, 0.3) is 11.0 Å². The molecule has 0 saturated carbocycles. The number of fused-ring (bicyclic) bond motifs is 1. The summed E-state index contributed by atoms with van der Waals surface area (Å²) < 4.78 is 10.2. The summed E-state index contributed by atoms with van der Waals surface area (Å²) in [6.07, 6.45) is 0. The lowest BCUT2D eigenvalue weighted by Gasteiger charge is -2.09. The number of thiocarbonyl (C=S) groups is 1. The molecule has 0 aliphatic heterocycles. The van der Waals surface area contributed by atoms with E-state index >= 15 is 0 Å². The lowest BCUT2D eigenvalue weighted by Crippen LogP contribution is -2.19. The molecule has 0 aliphatic carbocycles. The van der Waals surface area contributed by atoms with E-state index in [0.29, 0.717) is 28.7 Å². The molecule has 0 fully saturated rings. The van der Waals surface area contributed by atoms with Crippen LogP contribution in [0.2, 0.25) is 0 Å².